The number of benzene rings is 1. The minimum absolute atomic E-state index is 0.137. The van der Waals surface area contributed by atoms with E-state index in [9.17, 15) is 13.2 Å². The number of nitrogens with zero attached hydrogens (tertiary/aromatic N) is 3. The predicted octanol–water partition coefficient (Wildman–Crippen LogP) is 2.83. The average molecular weight is 428 g/mol. The minimum Gasteiger partial charge on any atom is -0.341 e. The van der Waals surface area contributed by atoms with Crippen molar-refractivity contribution in [2.75, 3.05) is 33.2 Å². The SMILES string of the molecule is C[C@@H](C(=O)N(C)C1CCCCC1)N1CCN(S(=O)(=O)c2cccc(Cl)c2)CC1. The normalized spacial score (nSPS) is 21.4. The molecule has 0 radical (unpaired) electrons. The fraction of sp³-hybridized carbons (Fsp3) is 0.650. The van der Waals surface area contributed by atoms with Crippen molar-refractivity contribution in [3.63, 3.8) is 0 Å². The minimum atomic E-state index is -3.56. The summed E-state index contributed by atoms with van der Waals surface area (Å²) < 4.78 is 27.2. The molecule has 1 aliphatic carbocycles. The molecule has 0 spiro atoms. The van der Waals surface area contributed by atoms with Crippen LogP contribution in [-0.4, -0.2) is 73.7 Å². The molecule has 28 heavy (non-hydrogen) atoms. The molecule has 2 fully saturated rings. The van der Waals surface area contributed by atoms with Gasteiger partial charge in [-0.3, -0.25) is 9.69 Å². The fourth-order valence-corrected chi connectivity index (χ4v) is 5.93. The zero-order valence-electron chi connectivity index (χ0n) is 16.7. The van der Waals surface area contributed by atoms with Crippen LogP contribution in [0.5, 0.6) is 0 Å². The monoisotopic (exact) mass is 427 g/mol. The topological polar surface area (TPSA) is 60.9 Å². The van der Waals surface area contributed by atoms with Gasteiger partial charge in [0.1, 0.15) is 0 Å². The van der Waals surface area contributed by atoms with Crippen LogP contribution in [0.4, 0.5) is 0 Å². The van der Waals surface area contributed by atoms with Crippen molar-refractivity contribution >= 4 is 27.5 Å². The Kier molecular flexibility index (Phi) is 7.02. The van der Waals surface area contributed by atoms with Gasteiger partial charge < -0.3 is 4.90 Å². The second kappa shape index (κ2) is 9.11. The number of rotatable bonds is 5. The first-order chi connectivity index (χ1) is 13.3. The van der Waals surface area contributed by atoms with Gasteiger partial charge in [0.15, 0.2) is 0 Å². The molecule has 1 saturated heterocycles. The van der Waals surface area contributed by atoms with Gasteiger partial charge >= 0.3 is 0 Å². The number of piperazine rings is 1. The Hall–Kier alpha value is -1.15. The summed E-state index contributed by atoms with van der Waals surface area (Å²) in [5.41, 5.74) is 0. The van der Waals surface area contributed by atoms with E-state index < -0.39 is 10.0 Å². The highest BCUT2D eigenvalue weighted by Crippen LogP contribution is 2.24. The molecule has 1 heterocycles. The van der Waals surface area contributed by atoms with E-state index in [1.807, 2.05) is 18.9 Å². The van der Waals surface area contributed by atoms with Gasteiger partial charge in [-0.1, -0.05) is 36.9 Å². The molecule has 1 aromatic rings. The molecule has 2 aliphatic rings. The van der Waals surface area contributed by atoms with E-state index in [0.29, 0.717) is 37.2 Å². The van der Waals surface area contributed by atoms with E-state index in [0.717, 1.165) is 12.8 Å². The molecule has 0 unspecified atom stereocenters. The third kappa shape index (κ3) is 4.70. The second-order valence-corrected chi connectivity index (χ2v) is 10.2. The summed E-state index contributed by atoms with van der Waals surface area (Å²) in [5, 5.41) is 0.407. The number of hydrogen-bond acceptors (Lipinski definition) is 4. The van der Waals surface area contributed by atoms with Crippen molar-refractivity contribution in [3.05, 3.63) is 29.3 Å². The maximum Gasteiger partial charge on any atom is 0.243 e. The summed E-state index contributed by atoms with van der Waals surface area (Å²) in [5.74, 6) is 0.137. The molecular weight excluding hydrogens is 398 g/mol. The summed E-state index contributed by atoms with van der Waals surface area (Å²) in [4.78, 5) is 17.1. The molecule has 1 aliphatic heterocycles. The second-order valence-electron chi connectivity index (χ2n) is 7.81. The summed E-state index contributed by atoms with van der Waals surface area (Å²) in [7, 11) is -1.65. The largest absolute Gasteiger partial charge is 0.341 e. The Morgan fingerprint density at radius 2 is 1.79 bits per heavy atom. The number of amides is 1. The zero-order valence-corrected chi connectivity index (χ0v) is 18.3. The fourth-order valence-electron chi connectivity index (χ4n) is 4.21. The molecule has 3 rings (SSSR count). The number of sulfonamides is 1. The van der Waals surface area contributed by atoms with Gasteiger partial charge in [0.05, 0.1) is 10.9 Å². The zero-order chi connectivity index (χ0) is 20.3. The quantitative estimate of drug-likeness (QED) is 0.724. The Morgan fingerprint density at radius 1 is 1.14 bits per heavy atom. The van der Waals surface area contributed by atoms with Crippen LogP contribution in [0.3, 0.4) is 0 Å². The Bertz CT molecular complexity index is 788. The molecule has 6 nitrogen and oxygen atoms in total. The number of carbonyl (C=O) groups excluding carboxylic acids is 1. The van der Waals surface area contributed by atoms with Gasteiger partial charge in [0, 0.05) is 44.3 Å². The van der Waals surface area contributed by atoms with Crippen LogP contribution in [0.1, 0.15) is 39.0 Å². The molecule has 1 aromatic carbocycles. The van der Waals surface area contributed by atoms with Crippen LogP contribution in [0.15, 0.2) is 29.2 Å². The van der Waals surface area contributed by atoms with Crippen molar-refractivity contribution in [1.29, 1.82) is 0 Å². The van der Waals surface area contributed by atoms with Crippen molar-refractivity contribution in [3.8, 4) is 0 Å². The Morgan fingerprint density at radius 3 is 2.39 bits per heavy atom. The number of likely N-dealkylation sites (N-methyl/N-ethyl adjacent to an activating group) is 1. The van der Waals surface area contributed by atoms with Crippen LogP contribution in [0.2, 0.25) is 5.02 Å². The van der Waals surface area contributed by atoms with Gasteiger partial charge in [-0.25, -0.2) is 8.42 Å². The molecule has 1 saturated carbocycles. The molecule has 156 valence electrons. The lowest BCUT2D eigenvalue weighted by Crippen LogP contribution is -2.56. The predicted molar refractivity (Wildman–Crippen MR) is 111 cm³/mol. The van der Waals surface area contributed by atoms with Crippen molar-refractivity contribution in [2.45, 2.75) is 56.0 Å². The highest BCUT2D eigenvalue weighted by atomic mass is 35.5. The maximum atomic E-state index is 12.9. The molecule has 1 amide bonds. The lowest BCUT2D eigenvalue weighted by molar-refractivity contribution is -0.138. The van der Waals surface area contributed by atoms with Crippen molar-refractivity contribution < 1.29 is 13.2 Å². The van der Waals surface area contributed by atoms with Gasteiger partial charge in [-0.15, -0.1) is 0 Å². The van der Waals surface area contributed by atoms with Crippen LogP contribution >= 0.6 is 11.6 Å². The van der Waals surface area contributed by atoms with Gasteiger partial charge in [0.2, 0.25) is 15.9 Å². The number of hydrogen-bond donors (Lipinski definition) is 0. The first-order valence-corrected chi connectivity index (χ1v) is 11.9. The van der Waals surface area contributed by atoms with E-state index in [1.165, 1.54) is 29.6 Å². The summed E-state index contributed by atoms with van der Waals surface area (Å²) in [6, 6.07) is 6.46. The van der Waals surface area contributed by atoms with Crippen molar-refractivity contribution in [2.24, 2.45) is 0 Å². The molecule has 1 atom stereocenters. The summed E-state index contributed by atoms with van der Waals surface area (Å²) >= 11 is 5.95. The van der Waals surface area contributed by atoms with Crippen LogP contribution in [-0.2, 0) is 14.8 Å². The molecule has 0 bridgehead atoms. The highest BCUT2D eigenvalue weighted by molar-refractivity contribution is 7.89. The smallest absolute Gasteiger partial charge is 0.243 e. The standard InChI is InChI=1S/C20H30ClN3O3S/c1-16(20(25)22(2)18-8-4-3-5-9-18)23-11-13-24(14-12-23)28(26,27)19-10-6-7-17(21)15-19/h6-7,10,15-16,18H,3-5,8-9,11-14H2,1-2H3/t16-/m0/s1. The maximum absolute atomic E-state index is 12.9. The van der Waals surface area contributed by atoms with Crippen LogP contribution < -0.4 is 0 Å². The first kappa shape index (κ1) is 21.6. The van der Waals surface area contributed by atoms with Crippen LogP contribution in [0.25, 0.3) is 0 Å². The summed E-state index contributed by atoms with van der Waals surface area (Å²) in [6.07, 6.45) is 5.81. The van der Waals surface area contributed by atoms with Crippen LogP contribution in [0, 0.1) is 0 Å². The summed E-state index contributed by atoms with van der Waals surface area (Å²) in [6.45, 7) is 3.78. The van der Waals surface area contributed by atoms with Crippen molar-refractivity contribution in [1.82, 2.24) is 14.1 Å². The third-order valence-corrected chi connectivity index (χ3v) is 8.21. The first-order valence-electron chi connectivity index (χ1n) is 10.1. The van der Waals surface area contributed by atoms with Gasteiger partial charge in [-0.05, 0) is 38.0 Å². The number of halogens is 1. The van der Waals surface area contributed by atoms with E-state index in [1.54, 1.807) is 18.2 Å². The van der Waals surface area contributed by atoms with E-state index in [2.05, 4.69) is 4.90 Å². The van der Waals surface area contributed by atoms with Gasteiger partial charge in [0.25, 0.3) is 0 Å². The average Bonchev–Trinajstić information content (AvgIpc) is 2.73. The number of carbonyl (C=O) groups is 1. The lowest BCUT2D eigenvalue weighted by atomic mass is 9.94. The van der Waals surface area contributed by atoms with Gasteiger partial charge in [-0.2, -0.15) is 4.31 Å². The Labute approximate surface area is 173 Å². The van der Waals surface area contributed by atoms with E-state index >= 15 is 0 Å². The lowest BCUT2D eigenvalue weighted by Gasteiger charge is -2.39. The van der Waals surface area contributed by atoms with E-state index in [4.69, 9.17) is 11.6 Å². The molecule has 8 heteroatoms. The molecule has 0 N–H and O–H groups in total. The third-order valence-electron chi connectivity index (χ3n) is 6.08. The molecule has 0 aromatic heterocycles. The van der Waals surface area contributed by atoms with E-state index in [-0.39, 0.29) is 16.8 Å². The molecular formula is C20H30ClN3O3S. The highest BCUT2D eigenvalue weighted by Gasteiger charge is 2.34. The Balaban J connectivity index is 1.59.